The topological polar surface area (TPSA) is 12.0 Å². The van der Waals surface area contributed by atoms with Gasteiger partial charge in [-0.3, -0.25) is 0 Å². The van der Waals surface area contributed by atoms with E-state index in [4.69, 9.17) is 0 Å². The Kier molecular flexibility index (Phi) is 4.78. The van der Waals surface area contributed by atoms with Crippen molar-refractivity contribution in [2.24, 2.45) is 5.92 Å². The number of rotatable bonds is 4. The lowest BCUT2D eigenvalue weighted by Crippen LogP contribution is -2.30. The fourth-order valence-electron chi connectivity index (χ4n) is 0.996. The summed E-state index contributed by atoms with van der Waals surface area (Å²) in [6.45, 7) is 10.7. The van der Waals surface area contributed by atoms with E-state index in [2.05, 4.69) is 26.1 Å². The molecule has 0 saturated heterocycles. The molecule has 0 spiro atoms. The summed E-state index contributed by atoms with van der Waals surface area (Å²) in [5.74, 6) is 0.742. The fourth-order valence-corrected chi connectivity index (χ4v) is 0.996. The van der Waals surface area contributed by atoms with E-state index in [9.17, 15) is 0 Å². The van der Waals surface area contributed by atoms with Crippen molar-refractivity contribution in [3.63, 3.8) is 0 Å². The van der Waals surface area contributed by atoms with Gasteiger partial charge in [0.25, 0.3) is 0 Å². The van der Waals surface area contributed by atoms with E-state index in [0.29, 0.717) is 6.04 Å². The first-order valence-corrected chi connectivity index (χ1v) is 3.76. The lowest BCUT2D eigenvalue weighted by molar-refractivity contribution is 0.416. The van der Waals surface area contributed by atoms with Crippen LogP contribution < -0.4 is 5.32 Å². The smallest absolute Gasteiger partial charge is 0.0193 e. The summed E-state index contributed by atoms with van der Waals surface area (Å²) in [4.78, 5) is 0. The van der Waals surface area contributed by atoms with Gasteiger partial charge in [0.05, 0.1) is 0 Å². The Hall–Kier alpha value is -0.0400. The van der Waals surface area contributed by atoms with Crippen molar-refractivity contribution >= 4 is 0 Å². The summed E-state index contributed by atoms with van der Waals surface area (Å²) in [5, 5.41) is 3.31. The first-order valence-electron chi connectivity index (χ1n) is 3.76. The summed E-state index contributed by atoms with van der Waals surface area (Å²) in [6, 6.07) is 0.662. The Morgan fingerprint density at radius 2 is 2.00 bits per heavy atom. The van der Waals surface area contributed by atoms with E-state index >= 15 is 0 Å². The Balaban J connectivity index is 3.41. The molecule has 1 nitrogen and oxygen atoms in total. The maximum absolute atomic E-state index is 3.31. The molecule has 0 aliphatic carbocycles. The minimum absolute atomic E-state index is 0.662. The summed E-state index contributed by atoms with van der Waals surface area (Å²) in [6.07, 6.45) is 1.21. The van der Waals surface area contributed by atoms with Crippen molar-refractivity contribution < 1.29 is 0 Å². The zero-order chi connectivity index (χ0) is 7.28. The average Bonchev–Trinajstić information content (AvgIpc) is 1.82. The van der Waals surface area contributed by atoms with Crippen LogP contribution in [0.3, 0.4) is 0 Å². The van der Waals surface area contributed by atoms with E-state index in [-0.39, 0.29) is 0 Å². The zero-order valence-corrected chi connectivity index (χ0v) is 6.94. The molecule has 0 bridgehead atoms. The maximum Gasteiger partial charge on any atom is 0.0193 e. The van der Waals surface area contributed by atoms with E-state index < -0.39 is 0 Å². The third-order valence-corrected chi connectivity index (χ3v) is 1.63. The summed E-state index contributed by atoms with van der Waals surface area (Å²) in [5.41, 5.74) is 0. The number of hydrogen-bond acceptors (Lipinski definition) is 1. The largest absolute Gasteiger partial charge is 0.310 e. The average molecular weight is 128 g/mol. The Morgan fingerprint density at radius 3 is 2.11 bits per heavy atom. The van der Waals surface area contributed by atoms with Crippen molar-refractivity contribution in [3.05, 3.63) is 6.54 Å². The van der Waals surface area contributed by atoms with Crippen molar-refractivity contribution in [2.45, 2.75) is 40.2 Å². The third-order valence-electron chi connectivity index (χ3n) is 1.63. The number of hydrogen-bond donors (Lipinski definition) is 1. The summed E-state index contributed by atoms with van der Waals surface area (Å²) >= 11 is 0. The molecule has 1 heteroatoms. The van der Waals surface area contributed by atoms with Gasteiger partial charge in [0.2, 0.25) is 0 Å². The molecule has 0 saturated carbocycles. The predicted molar refractivity (Wildman–Crippen MR) is 42.0 cm³/mol. The van der Waals surface area contributed by atoms with Crippen molar-refractivity contribution in [1.82, 2.24) is 5.32 Å². The summed E-state index contributed by atoms with van der Waals surface area (Å²) < 4.78 is 0. The monoisotopic (exact) mass is 128 g/mol. The lowest BCUT2D eigenvalue weighted by atomic mass is 10.0. The summed E-state index contributed by atoms with van der Waals surface area (Å²) in [7, 11) is 0. The molecule has 1 N–H and O–H groups in total. The number of nitrogens with one attached hydrogen (secondary N) is 1. The van der Waals surface area contributed by atoms with Gasteiger partial charge >= 0.3 is 0 Å². The molecule has 0 aromatic rings. The normalized spacial score (nSPS) is 14.3. The van der Waals surface area contributed by atoms with Gasteiger partial charge in [0, 0.05) is 12.6 Å². The van der Waals surface area contributed by atoms with Crippen LogP contribution in [0.4, 0.5) is 0 Å². The van der Waals surface area contributed by atoms with Crippen molar-refractivity contribution in [2.75, 3.05) is 0 Å². The van der Waals surface area contributed by atoms with Gasteiger partial charge in [-0.05, 0) is 19.3 Å². The molecule has 1 unspecified atom stereocenters. The van der Waals surface area contributed by atoms with Gasteiger partial charge < -0.3 is 5.32 Å². The molecule has 0 heterocycles. The molecule has 0 aromatic carbocycles. The molecule has 0 amide bonds. The van der Waals surface area contributed by atoms with Crippen LogP contribution in [0.1, 0.15) is 34.1 Å². The molecular weight excluding hydrogens is 110 g/mol. The van der Waals surface area contributed by atoms with Gasteiger partial charge in [0.1, 0.15) is 0 Å². The van der Waals surface area contributed by atoms with E-state index in [1.165, 1.54) is 6.42 Å². The molecular formula is C8H18N. The minimum Gasteiger partial charge on any atom is -0.310 e. The first kappa shape index (κ1) is 8.96. The minimum atomic E-state index is 0.662. The van der Waals surface area contributed by atoms with Gasteiger partial charge in [-0.2, -0.15) is 0 Å². The van der Waals surface area contributed by atoms with Crippen molar-refractivity contribution in [3.8, 4) is 0 Å². The first-order chi connectivity index (χ1) is 4.22. The Morgan fingerprint density at radius 1 is 1.44 bits per heavy atom. The molecule has 0 aliphatic heterocycles. The second kappa shape index (κ2) is 4.80. The Labute approximate surface area is 58.8 Å². The molecule has 9 heavy (non-hydrogen) atoms. The van der Waals surface area contributed by atoms with Crippen molar-refractivity contribution in [1.29, 1.82) is 0 Å². The van der Waals surface area contributed by atoms with Crippen LogP contribution in [0, 0.1) is 12.5 Å². The van der Waals surface area contributed by atoms with Crippen LogP contribution in [0.25, 0.3) is 0 Å². The third kappa shape index (κ3) is 3.52. The molecule has 0 fully saturated rings. The van der Waals surface area contributed by atoms with Gasteiger partial charge in [0.15, 0.2) is 0 Å². The quantitative estimate of drug-likeness (QED) is 0.612. The van der Waals surface area contributed by atoms with E-state index in [1.54, 1.807) is 0 Å². The fraction of sp³-hybridized carbons (Fsp3) is 0.875. The van der Waals surface area contributed by atoms with E-state index in [0.717, 1.165) is 5.92 Å². The second-order valence-electron chi connectivity index (χ2n) is 2.71. The van der Waals surface area contributed by atoms with Crippen LogP contribution in [0.2, 0.25) is 0 Å². The highest BCUT2D eigenvalue weighted by Crippen LogP contribution is 2.04. The van der Waals surface area contributed by atoms with Gasteiger partial charge in [-0.1, -0.05) is 20.8 Å². The molecule has 0 aromatic heterocycles. The standard InChI is InChI=1S/C8H18N/c1-5-8(7(3)4)9-6-2/h6-9H,5H2,1-4H3. The highest BCUT2D eigenvalue weighted by molar-refractivity contribution is 4.70. The maximum atomic E-state index is 3.31. The van der Waals surface area contributed by atoms with Crippen LogP contribution in [-0.2, 0) is 0 Å². The van der Waals surface area contributed by atoms with Crippen LogP contribution >= 0.6 is 0 Å². The van der Waals surface area contributed by atoms with Gasteiger partial charge in [-0.15, -0.1) is 0 Å². The molecule has 0 aliphatic rings. The van der Waals surface area contributed by atoms with E-state index in [1.807, 2.05) is 13.5 Å². The van der Waals surface area contributed by atoms with Crippen LogP contribution in [0.5, 0.6) is 0 Å². The molecule has 1 radical (unpaired) electrons. The lowest BCUT2D eigenvalue weighted by Gasteiger charge is -2.18. The van der Waals surface area contributed by atoms with Crippen LogP contribution in [-0.4, -0.2) is 6.04 Å². The highest BCUT2D eigenvalue weighted by Gasteiger charge is 2.07. The predicted octanol–water partition coefficient (Wildman–Crippen LogP) is 2.19. The molecule has 0 rings (SSSR count). The SMILES string of the molecule is C[CH]NC(CC)C(C)C. The van der Waals surface area contributed by atoms with Gasteiger partial charge in [-0.25, -0.2) is 0 Å². The molecule has 1 atom stereocenters. The Bertz CT molecular complexity index is 59.6. The highest BCUT2D eigenvalue weighted by atomic mass is 14.9. The second-order valence-corrected chi connectivity index (χ2v) is 2.71. The zero-order valence-electron chi connectivity index (χ0n) is 6.94. The van der Waals surface area contributed by atoms with Crippen LogP contribution in [0.15, 0.2) is 0 Å². The molecule has 55 valence electrons.